The van der Waals surface area contributed by atoms with Crippen molar-refractivity contribution in [3.05, 3.63) is 29.8 Å². The van der Waals surface area contributed by atoms with E-state index in [0.29, 0.717) is 25.6 Å². The number of rotatable bonds is 8. The van der Waals surface area contributed by atoms with Gasteiger partial charge in [0.25, 0.3) is 0 Å². The van der Waals surface area contributed by atoms with Crippen LogP contribution in [-0.2, 0) is 16.0 Å². The molecule has 1 fully saturated rings. The number of nitrogens with one attached hydrogen (secondary N) is 1. The van der Waals surface area contributed by atoms with Gasteiger partial charge in [0.1, 0.15) is 5.75 Å². The van der Waals surface area contributed by atoms with E-state index in [0.717, 1.165) is 30.6 Å². The van der Waals surface area contributed by atoms with E-state index in [4.69, 9.17) is 4.74 Å². The number of nitrogens with zero attached hydrogens (tertiary/aromatic N) is 1. The Morgan fingerprint density at radius 2 is 1.92 bits per heavy atom. The number of carbonyl (C=O) groups excluding carboxylic acids is 2. The molecule has 0 unspecified atom stereocenters. The van der Waals surface area contributed by atoms with Crippen molar-refractivity contribution in [2.45, 2.75) is 64.3 Å². The molecular formula is C21H32N2O3. The number of hydrogen-bond donors (Lipinski definition) is 1. The first-order valence-corrected chi connectivity index (χ1v) is 9.77. The van der Waals surface area contributed by atoms with E-state index < -0.39 is 0 Å². The molecule has 2 rings (SSSR count). The zero-order valence-electron chi connectivity index (χ0n) is 16.1. The molecular weight excluding hydrogens is 328 g/mol. The van der Waals surface area contributed by atoms with Crippen molar-refractivity contribution >= 4 is 11.8 Å². The van der Waals surface area contributed by atoms with Gasteiger partial charge in [0.2, 0.25) is 11.8 Å². The summed E-state index contributed by atoms with van der Waals surface area (Å²) in [5, 5.41) is 2.96. The largest absolute Gasteiger partial charge is 0.497 e. The van der Waals surface area contributed by atoms with Gasteiger partial charge in [-0.05, 0) is 37.0 Å². The lowest BCUT2D eigenvalue weighted by Crippen LogP contribution is -2.41. The summed E-state index contributed by atoms with van der Waals surface area (Å²) in [7, 11) is 1.65. The maximum atomic E-state index is 12.2. The number of ether oxygens (including phenoxy) is 1. The SMILES string of the molecule is COc1cccc(CCNC(=O)CCN(C(C)=O)C2CCCCCC2)c1. The van der Waals surface area contributed by atoms with Gasteiger partial charge in [-0.15, -0.1) is 0 Å². The number of hydrogen-bond acceptors (Lipinski definition) is 3. The van der Waals surface area contributed by atoms with Crippen molar-refractivity contribution < 1.29 is 14.3 Å². The average Bonchev–Trinajstić information content (AvgIpc) is 2.91. The molecule has 1 aliphatic carbocycles. The normalized spacial score (nSPS) is 15.2. The second-order valence-corrected chi connectivity index (χ2v) is 7.06. The van der Waals surface area contributed by atoms with Crippen molar-refractivity contribution in [3.63, 3.8) is 0 Å². The van der Waals surface area contributed by atoms with Crippen molar-refractivity contribution in [2.24, 2.45) is 0 Å². The Morgan fingerprint density at radius 3 is 2.58 bits per heavy atom. The van der Waals surface area contributed by atoms with Crippen LogP contribution in [0.1, 0.15) is 57.4 Å². The van der Waals surface area contributed by atoms with E-state index in [-0.39, 0.29) is 11.8 Å². The zero-order chi connectivity index (χ0) is 18.8. The first-order valence-electron chi connectivity index (χ1n) is 9.77. The summed E-state index contributed by atoms with van der Waals surface area (Å²) in [6, 6.07) is 8.17. The molecule has 0 radical (unpaired) electrons. The molecule has 26 heavy (non-hydrogen) atoms. The Balaban J connectivity index is 1.74. The van der Waals surface area contributed by atoms with Crippen LogP contribution >= 0.6 is 0 Å². The summed E-state index contributed by atoms with van der Waals surface area (Å²) in [5.41, 5.74) is 1.13. The number of carbonyl (C=O) groups is 2. The quantitative estimate of drug-likeness (QED) is 0.724. The van der Waals surface area contributed by atoms with Crippen LogP contribution in [0.2, 0.25) is 0 Å². The molecule has 0 spiro atoms. The molecule has 1 aromatic rings. The fourth-order valence-corrected chi connectivity index (χ4v) is 3.65. The Morgan fingerprint density at radius 1 is 1.19 bits per heavy atom. The predicted octanol–water partition coefficient (Wildman–Crippen LogP) is 3.32. The molecule has 5 heteroatoms. The molecule has 1 saturated carbocycles. The van der Waals surface area contributed by atoms with Crippen LogP contribution in [0.4, 0.5) is 0 Å². The van der Waals surface area contributed by atoms with Gasteiger partial charge in [-0.3, -0.25) is 9.59 Å². The topological polar surface area (TPSA) is 58.6 Å². The molecule has 144 valence electrons. The van der Waals surface area contributed by atoms with Gasteiger partial charge < -0.3 is 15.0 Å². The number of benzene rings is 1. The van der Waals surface area contributed by atoms with Crippen molar-refractivity contribution in [1.29, 1.82) is 0 Å². The third kappa shape index (κ3) is 6.70. The lowest BCUT2D eigenvalue weighted by Gasteiger charge is -2.30. The second kappa shape index (κ2) is 10.8. The summed E-state index contributed by atoms with van der Waals surface area (Å²) in [5.74, 6) is 0.920. The van der Waals surface area contributed by atoms with Crippen LogP contribution in [-0.4, -0.2) is 43.0 Å². The van der Waals surface area contributed by atoms with Gasteiger partial charge in [-0.2, -0.15) is 0 Å². The summed E-state index contributed by atoms with van der Waals surface area (Å²) in [6.07, 6.45) is 8.15. The Kier molecular flexibility index (Phi) is 8.45. The molecule has 0 aromatic heterocycles. The van der Waals surface area contributed by atoms with Gasteiger partial charge >= 0.3 is 0 Å². The van der Waals surface area contributed by atoms with Crippen LogP contribution < -0.4 is 10.1 Å². The minimum Gasteiger partial charge on any atom is -0.497 e. The highest BCUT2D eigenvalue weighted by atomic mass is 16.5. The maximum absolute atomic E-state index is 12.2. The zero-order valence-corrected chi connectivity index (χ0v) is 16.1. The van der Waals surface area contributed by atoms with E-state index in [1.54, 1.807) is 14.0 Å². The first kappa shape index (κ1) is 20.3. The minimum atomic E-state index is 0.00719. The van der Waals surface area contributed by atoms with E-state index in [2.05, 4.69) is 5.32 Å². The van der Waals surface area contributed by atoms with E-state index >= 15 is 0 Å². The van der Waals surface area contributed by atoms with E-state index in [1.165, 1.54) is 25.7 Å². The summed E-state index contributed by atoms with van der Waals surface area (Å²) < 4.78 is 5.21. The van der Waals surface area contributed by atoms with Crippen molar-refractivity contribution in [3.8, 4) is 5.75 Å². The van der Waals surface area contributed by atoms with E-state index in [9.17, 15) is 9.59 Å². The standard InChI is InChI=1S/C21H32N2O3/c1-17(24)23(19-9-5-3-4-6-10-19)15-13-21(25)22-14-12-18-8-7-11-20(16-18)26-2/h7-8,11,16,19H,3-6,9-10,12-15H2,1-2H3,(H,22,25). The molecule has 2 amide bonds. The third-order valence-corrected chi connectivity index (χ3v) is 5.12. The van der Waals surface area contributed by atoms with E-state index in [1.807, 2.05) is 29.2 Å². The van der Waals surface area contributed by atoms with Gasteiger partial charge in [0, 0.05) is 32.5 Å². The molecule has 0 atom stereocenters. The Hall–Kier alpha value is -2.04. The molecule has 0 aliphatic heterocycles. The molecule has 0 heterocycles. The number of amides is 2. The fraction of sp³-hybridized carbons (Fsp3) is 0.619. The monoisotopic (exact) mass is 360 g/mol. The lowest BCUT2D eigenvalue weighted by atomic mass is 10.1. The maximum Gasteiger partial charge on any atom is 0.221 e. The lowest BCUT2D eigenvalue weighted by molar-refractivity contribution is -0.132. The summed E-state index contributed by atoms with van der Waals surface area (Å²) >= 11 is 0. The van der Waals surface area contributed by atoms with Gasteiger partial charge in [0.05, 0.1) is 7.11 Å². The second-order valence-electron chi connectivity index (χ2n) is 7.06. The van der Waals surface area contributed by atoms with Gasteiger partial charge in [-0.25, -0.2) is 0 Å². The summed E-state index contributed by atoms with van der Waals surface area (Å²) in [4.78, 5) is 26.1. The molecule has 1 N–H and O–H groups in total. The van der Waals surface area contributed by atoms with Gasteiger partial charge in [0.15, 0.2) is 0 Å². The van der Waals surface area contributed by atoms with Crippen molar-refractivity contribution in [1.82, 2.24) is 10.2 Å². The highest BCUT2D eigenvalue weighted by molar-refractivity contribution is 5.78. The molecule has 0 bridgehead atoms. The minimum absolute atomic E-state index is 0.00719. The van der Waals surface area contributed by atoms with Crippen LogP contribution in [0.5, 0.6) is 5.75 Å². The average molecular weight is 360 g/mol. The Labute approximate surface area is 157 Å². The highest BCUT2D eigenvalue weighted by Gasteiger charge is 2.22. The fourth-order valence-electron chi connectivity index (χ4n) is 3.65. The van der Waals surface area contributed by atoms with Gasteiger partial charge in [-0.1, -0.05) is 37.8 Å². The molecule has 1 aromatic carbocycles. The predicted molar refractivity (Wildman–Crippen MR) is 103 cm³/mol. The molecule has 5 nitrogen and oxygen atoms in total. The third-order valence-electron chi connectivity index (χ3n) is 5.12. The van der Waals surface area contributed by atoms with Crippen LogP contribution in [0.25, 0.3) is 0 Å². The highest BCUT2D eigenvalue weighted by Crippen LogP contribution is 2.22. The van der Waals surface area contributed by atoms with Crippen LogP contribution in [0.15, 0.2) is 24.3 Å². The smallest absolute Gasteiger partial charge is 0.221 e. The number of methoxy groups -OCH3 is 1. The van der Waals surface area contributed by atoms with Crippen LogP contribution in [0, 0.1) is 0 Å². The first-order chi connectivity index (χ1) is 12.6. The van der Waals surface area contributed by atoms with Crippen LogP contribution in [0.3, 0.4) is 0 Å². The van der Waals surface area contributed by atoms with Crippen molar-refractivity contribution in [2.75, 3.05) is 20.2 Å². The molecule has 0 saturated heterocycles. The summed E-state index contributed by atoms with van der Waals surface area (Å²) in [6.45, 7) is 2.73. The Bertz CT molecular complexity index is 580. The molecule has 1 aliphatic rings.